The molecule has 1 aromatic heterocycles. The Kier molecular flexibility index (Phi) is 6.41. The molecule has 0 saturated carbocycles. The van der Waals surface area contributed by atoms with Crippen LogP contribution in [-0.2, 0) is 5.41 Å². The minimum atomic E-state index is -0.377. The molecule has 30 heavy (non-hydrogen) atoms. The van der Waals surface area contributed by atoms with Crippen molar-refractivity contribution in [3.8, 4) is 11.5 Å². The van der Waals surface area contributed by atoms with Gasteiger partial charge in [0.15, 0.2) is 11.5 Å². The van der Waals surface area contributed by atoms with Crippen molar-refractivity contribution in [2.45, 2.75) is 26.2 Å². The number of hydrogen-bond donors (Lipinski definition) is 0. The molecule has 156 valence electrons. The lowest BCUT2D eigenvalue weighted by molar-refractivity contribution is 0.326. The van der Waals surface area contributed by atoms with Crippen molar-refractivity contribution >= 4 is 33.0 Å². The third-order valence-electron chi connectivity index (χ3n) is 4.35. The SMILES string of the molecule is C=CCOc1ccc(C=Nn2c(C(C)(C)C)nc3ccc(Br)cc3c2=O)cc1OC. The molecule has 0 atom stereocenters. The Bertz CT molecular complexity index is 1180. The monoisotopic (exact) mass is 469 g/mol. The van der Waals surface area contributed by atoms with Gasteiger partial charge in [0.2, 0.25) is 0 Å². The fraction of sp³-hybridized carbons (Fsp3) is 0.261. The third kappa shape index (κ3) is 4.62. The molecule has 0 spiro atoms. The number of rotatable bonds is 6. The van der Waals surface area contributed by atoms with E-state index in [1.54, 1.807) is 37.6 Å². The molecule has 7 heteroatoms. The first-order chi connectivity index (χ1) is 14.2. The summed E-state index contributed by atoms with van der Waals surface area (Å²) in [4.78, 5) is 17.9. The zero-order valence-corrected chi connectivity index (χ0v) is 19.1. The van der Waals surface area contributed by atoms with Crippen LogP contribution < -0.4 is 15.0 Å². The number of hydrogen-bond acceptors (Lipinski definition) is 5. The average molecular weight is 470 g/mol. The molecule has 0 radical (unpaired) electrons. The summed E-state index contributed by atoms with van der Waals surface area (Å²) >= 11 is 3.42. The van der Waals surface area contributed by atoms with E-state index in [4.69, 9.17) is 14.5 Å². The van der Waals surface area contributed by atoms with Crippen LogP contribution in [0.5, 0.6) is 11.5 Å². The quantitative estimate of drug-likeness (QED) is 0.379. The van der Waals surface area contributed by atoms with Crippen molar-refractivity contribution in [3.63, 3.8) is 0 Å². The minimum Gasteiger partial charge on any atom is -0.493 e. The fourth-order valence-electron chi connectivity index (χ4n) is 2.90. The molecule has 0 unspecified atom stereocenters. The maximum atomic E-state index is 13.2. The molecule has 0 amide bonds. The number of ether oxygens (including phenoxy) is 2. The molecule has 0 aliphatic rings. The fourth-order valence-corrected chi connectivity index (χ4v) is 3.26. The lowest BCUT2D eigenvalue weighted by atomic mass is 9.95. The molecular formula is C23H24BrN3O3. The first-order valence-electron chi connectivity index (χ1n) is 9.43. The molecule has 0 bridgehead atoms. The molecule has 3 aromatic rings. The molecule has 1 heterocycles. The number of nitrogens with zero attached hydrogens (tertiary/aromatic N) is 3. The largest absolute Gasteiger partial charge is 0.493 e. The van der Waals surface area contributed by atoms with E-state index >= 15 is 0 Å². The van der Waals surface area contributed by atoms with E-state index in [0.717, 1.165) is 10.0 Å². The van der Waals surface area contributed by atoms with Gasteiger partial charge in [-0.25, -0.2) is 4.98 Å². The zero-order chi connectivity index (χ0) is 21.9. The molecule has 0 N–H and O–H groups in total. The van der Waals surface area contributed by atoms with Crippen LogP contribution >= 0.6 is 15.9 Å². The zero-order valence-electron chi connectivity index (χ0n) is 17.5. The summed E-state index contributed by atoms with van der Waals surface area (Å²) in [6.07, 6.45) is 3.28. The summed E-state index contributed by atoms with van der Waals surface area (Å²) in [5, 5.41) is 4.98. The highest BCUT2D eigenvalue weighted by atomic mass is 79.9. The van der Waals surface area contributed by atoms with Gasteiger partial charge in [-0.3, -0.25) is 4.79 Å². The van der Waals surface area contributed by atoms with Gasteiger partial charge in [-0.15, -0.1) is 0 Å². The predicted octanol–water partition coefficient (Wildman–Crippen LogP) is 4.91. The summed E-state index contributed by atoms with van der Waals surface area (Å²) in [6.45, 7) is 10.0. The summed E-state index contributed by atoms with van der Waals surface area (Å²) in [6, 6.07) is 10.9. The Morgan fingerprint density at radius 2 is 1.97 bits per heavy atom. The number of methoxy groups -OCH3 is 1. The van der Waals surface area contributed by atoms with Crippen LogP contribution in [0.15, 0.2) is 63.4 Å². The Hall–Kier alpha value is -2.93. The molecule has 0 saturated heterocycles. The molecule has 3 rings (SSSR count). The van der Waals surface area contributed by atoms with Crippen molar-refractivity contribution in [3.05, 3.63) is 75.3 Å². The van der Waals surface area contributed by atoms with Crippen molar-refractivity contribution < 1.29 is 9.47 Å². The van der Waals surface area contributed by atoms with Gasteiger partial charge in [-0.05, 0) is 42.0 Å². The topological polar surface area (TPSA) is 65.7 Å². The van der Waals surface area contributed by atoms with E-state index < -0.39 is 0 Å². The van der Waals surface area contributed by atoms with Crippen molar-refractivity contribution in [2.24, 2.45) is 5.10 Å². The molecule has 0 aliphatic carbocycles. The number of halogens is 1. The second-order valence-corrected chi connectivity index (χ2v) is 8.63. The smallest absolute Gasteiger partial charge is 0.282 e. The molecular weight excluding hydrogens is 446 g/mol. The first-order valence-corrected chi connectivity index (χ1v) is 10.2. The second-order valence-electron chi connectivity index (χ2n) is 7.72. The van der Waals surface area contributed by atoms with E-state index in [1.807, 2.05) is 39.0 Å². The average Bonchev–Trinajstić information content (AvgIpc) is 2.71. The Balaban J connectivity index is 2.10. The highest BCUT2D eigenvalue weighted by Crippen LogP contribution is 2.28. The normalized spacial score (nSPS) is 11.8. The van der Waals surface area contributed by atoms with Gasteiger partial charge < -0.3 is 9.47 Å². The van der Waals surface area contributed by atoms with Crippen molar-refractivity contribution in [1.29, 1.82) is 0 Å². The molecule has 2 aromatic carbocycles. The maximum absolute atomic E-state index is 13.2. The lowest BCUT2D eigenvalue weighted by Gasteiger charge is -2.20. The first kappa shape index (κ1) is 21.8. The number of aromatic nitrogens is 2. The predicted molar refractivity (Wildman–Crippen MR) is 124 cm³/mol. The van der Waals surface area contributed by atoms with Gasteiger partial charge >= 0.3 is 0 Å². The van der Waals surface area contributed by atoms with Crippen LogP contribution in [0.25, 0.3) is 10.9 Å². The second kappa shape index (κ2) is 8.83. The summed E-state index contributed by atoms with van der Waals surface area (Å²) in [7, 11) is 1.57. The molecule has 0 aliphatic heterocycles. The summed E-state index contributed by atoms with van der Waals surface area (Å²) < 4.78 is 13.2. The van der Waals surface area contributed by atoms with Gasteiger partial charge in [0.05, 0.1) is 24.2 Å². The van der Waals surface area contributed by atoms with Crippen LogP contribution in [0.1, 0.15) is 32.2 Å². The maximum Gasteiger partial charge on any atom is 0.282 e. The summed E-state index contributed by atoms with van der Waals surface area (Å²) in [5.74, 6) is 1.76. The van der Waals surface area contributed by atoms with Gasteiger partial charge in [0, 0.05) is 9.89 Å². The van der Waals surface area contributed by atoms with Gasteiger partial charge in [-0.1, -0.05) is 49.4 Å². The summed E-state index contributed by atoms with van der Waals surface area (Å²) in [5.41, 5.74) is 0.807. The van der Waals surface area contributed by atoms with Gasteiger partial charge in [0.1, 0.15) is 12.4 Å². The van der Waals surface area contributed by atoms with Crippen LogP contribution in [0, 0.1) is 0 Å². The van der Waals surface area contributed by atoms with Crippen LogP contribution in [0.4, 0.5) is 0 Å². The molecule has 6 nitrogen and oxygen atoms in total. The van der Waals surface area contributed by atoms with Crippen LogP contribution in [0.2, 0.25) is 0 Å². The van der Waals surface area contributed by atoms with Gasteiger partial charge in [-0.2, -0.15) is 9.78 Å². The van der Waals surface area contributed by atoms with Crippen molar-refractivity contribution in [2.75, 3.05) is 13.7 Å². The third-order valence-corrected chi connectivity index (χ3v) is 4.84. The van der Waals surface area contributed by atoms with Gasteiger partial charge in [0.25, 0.3) is 5.56 Å². The molecule has 0 fully saturated rings. The van der Waals surface area contributed by atoms with E-state index in [2.05, 4.69) is 27.6 Å². The van der Waals surface area contributed by atoms with E-state index in [0.29, 0.717) is 34.8 Å². The standard InChI is InChI=1S/C23H24BrN3O3/c1-6-11-30-19-10-7-15(12-20(19)29-5)14-25-27-21(28)17-13-16(24)8-9-18(17)26-22(27)23(2,3)4/h6-10,12-14H,1,11H2,2-5H3. The Morgan fingerprint density at radius 1 is 1.20 bits per heavy atom. The lowest BCUT2D eigenvalue weighted by Crippen LogP contribution is -2.29. The van der Waals surface area contributed by atoms with Crippen LogP contribution in [-0.4, -0.2) is 29.6 Å². The Labute approximate surface area is 184 Å². The number of fused-ring (bicyclic) bond motifs is 1. The Morgan fingerprint density at radius 3 is 2.63 bits per heavy atom. The van der Waals surface area contributed by atoms with Crippen LogP contribution in [0.3, 0.4) is 0 Å². The van der Waals surface area contributed by atoms with E-state index in [-0.39, 0.29) is 11.0 Å². The highest BCUT2D eigenvalue weighted by Gasteiger charge is 2.22. The van der Waals surface area contributed by atoms with Crippen molar-refractivity contribution in [1.82, 2.24) is 9.66 Å². The highest BCUT2D eigenvalue weighted by molar-refractivity contribution is 9.10. The van der Waals surface area contributed by atoms with E-state index in [1.165, 1.54) is 4.68 Å². The number of benzene rings is 2. The van der Waals surface area contributed by atoms with E-state index in [9.17, 15) is 4.79 Å². The minimum absolute atomic E-state index is 0.222.